The molecule has 0 spiro atoms. The molecule has 0 amide bonds. The lowest BCUT2D eigenvalue weighted by atomic mass is 10.1. The summed E-state index contributed by atoms with van der Waals surface area (Å²) in [6.07, 6.45) is 3.29. The van der Waals surface area contributed by atoms with Gasteiger partial charge in [0, 0.05) is 5.56 Å². The van der Waals surface area contributed by atoms with Crippen LogP contribution in [-0.4, -0.2) is 5.78 Å². The van der Waals surface area contributed by atoms with E-state index in [1.807, 2.05) is 30.3 Å². The van der Waals surface area contributed by atoms with Gasteiger partial charge in [0.05, 0.1) is 10.0 Å². The molecule has 0 aliphatic carbocycles. The number of allylic oxidation sites excluding steroid dienone is 1. The molecule has 2 rings (SSSR count). The second-order valence-corrected chi connectivity index (χ2v) is 4.55. The minimum absolute atomic E-state index is 0.0996. The third-order valence-corrected chi connectivity index (χ3v) is 3.17. The van der Waals surface area contributed by atoms with Gasteiger partial charge in [0.1, 0.15) is 0 Å². The summed E-state index contributed by atoms with van der Waals surface area (Å²) in [7, 11) is 0. The molecule has 0 atom stereocenters. The average Bonchev–Trinajstić information content (AvgIpc) is 2.40. The molecule has 1 nitrogen and oxygen atoms in total. The van der Waals surface area contributed by atoms with E-state index in [1.54, 1.807) is 24.3 Å². The van der Waals surface area contributed by atoms with Gasteiger partial charge in [-0.25, -0.2) is 0 Å². The fraction of sp³-hybridized carbons (Fsp3) is 0. The highest BCUT2D eigenvalue weighted by Crippen LogP contribution is 2.23. The van der Waals surface area contributed by atoms with Crippen LogP contribution in [0.4, 0.5) is 0 Å². The Morgan fingerprint density at radius 2 is 1.67 bits per heavy atom. The van der Waals surface area contributed by atoms with Gasteiger partial charge in [0.2, 0.25) is 0 Å². The molecule has 18 heavy (non-hydrogen) atoms. The van der Waals surface area contributed by atoms with Crippen molar-refractivity contribution in [2.24, 2.45) is 0 Å². The van der Waals surface area contributed by atoms with E-state index in [0.29, 0.717) is 15.6 Å². The molecule has 2 aromatic carbocycles. The molecule has 0 aliphatic heterocycles. The van der Waals surface area contributed by atoms with Gasteiger partial charge in [0.25, 0.3) is 0 Å². The lowest BCUT2D eigenvalue weighted by molar-refractivity contribution is 0.104. The summed E-state index contributed by atoms with van der Waals surface area (Å²) in [5.41, 5.74) is 1.50. The predicted octanol–water partition coefficient (Wildman–Crippen LogP) is 4.89. The number of hydrogen-bond donors (Lipinski definition) is 0. The van der Waals surface area contributed by atoms with Crippen LogP contribution in [0, 0.1) is 0 Å². The highest BCUT2D eigenvalue weighted by atomic mass is 35.5. The van der Waals surface area contributed by atoms with Crippen LogP contribution in [0.2, 0.25) is 10.0 Å². The Morgan fingerprint density at radius 1 is 0.944 bits per heavy atom. The highest BCUT2D eigenvalue weighted by Gasteiger charge is 2.04. The molecule has 2 aromatic rings. The molecule has 0 unspecified atom stereocenters. The Hall–Kier alpha value is -1.57. The number of hydrogen-bond acceptors (Lipinski definition) is 1. The van der Waals surface area contributed by atoms with Crippen molar-refractivity contribution in [2.45, 2.75) is 0 Å². The maximum absolute atomic E-state index is 11.9. The van der Waals surface area contributed by atoms with Crippen molar-refractivity contribution >= 4 is 35.1 Å². The van der Waals surface area contributed by atoms with E-state index in [0.717, 1.165) is 5.56 Å². The van der Waals surface area contributed by atoms with Crippen LogP contribution in [0.5, 0.6) is 0 Å². The standard InChI is InChI=1S/C15H10Cl2O/c16-13-8-7-12(10-14(13)17)15(18)9-6-11-4-2-1-3-5-11/h1-10H. The predicted molar refractivity (Wildman–Crippen MR) is 76.3 cm³/mol. The SMILES string of the molecule is O=C(C=Cc1ccccc1)c1ccc(Cl)c(Cl)c1. The quantitative estimate of drug-likeness (QED) is 0.576. The summed E-state index contributed by atoms with van der Waals surface area (Å²) in [6.45, 7) is 0. The second kappa shape index (κ2) is 5.85. The molecule has 0 saturated heterocycles. The van der Waals surface area contributed by atoms with Gasteiger partial charge >= 0.3 is 0 Å². The summed E-state index contributed by atoms with van der Waals surface area (Å²) in [5, 5.41) is 0.830. The van der Waals surface area contributed by atoms with Crippen molar-refractivity contribution in [1.82, 2.24) is 0 Å². The van der Waals surface area contributed by atoms with Crippen molar-refractivity contribution in [3.8, 4) is 0 Å². The zero-order valence-corrected chi connectivity index (χ0v) is 10.9. The molecule has 0 bridgehead atoms. The van der Waals surface area contributed by atoms with Crippen molar-refractivity contribution in [3.63, 3.8) is 0 Å². The van der Waals surface area contributed by atoms with Crippen molar-refractivity contribution < 1.29 is 4.79 Å². The molecular weight excluding hydrogens is 267 g/mol. The first-order valence-electron chi connectivity index (χ1n) is 5.39. The first-order valence-corrected chi connectivity index (χ1v) is 6.15. The number of ketones is 1. The summed E-state index contributed by atoms with van der Waals surface area (Å²) in [6, 6.07) is 14.5. The molecule has 3 heteroatoms. The van der Waals surface area contributed by atoms with Crippen LogP contribution in [0.25, 0.3) is 6.08 Å². The number of benzene rings is 2. The Labute approximate surface area is 116 Å². The molecule has 0 radical (unpaired) electrons. The molecule has 0 heterocycles. The normalized spacial score (nSPS) is 10.8. The van der Waals surface area contributed by atoms with Crippen LogP contribution < -0.4 is 0 Å². The summed E-state index contributed by atoms with van der Waals surface area (Å²) in [5.74, 6) is -0.0996. The topological polar surface area (TPSA) is 17.1 Å². The smallest absolute Gasteiger partial charge is 0.185 e. The van der Waals surface area contributed by atoms with Crippen LogP contribution >= 0.6 is 23.2 Å². The zero-order valence-electron chi connectivity index (χ0n) is 9.44. The molecule has 0 fully saturated rings. The van der Waals surface area contributed by atoms with Gasteiger partial charge in [-0.1, -0.05) is 59.6 Å². The van der Waals surface area contributed by atoms with Gasteiger partial charge in [-0.2, -0.15) is 0 Å². The van der Waals surface area contributed by atoms with Crippen molar-refractivity contribution in [2.75, 3.05) is 0 Å². The minimum atomic E-state index is -0.0996. The zero-order chi connectivity index (χ0) is 13.0. The summed E-state index contributed by atoms with van der Waals surface area (Å²) < 4.78 is 0. The van der Waals surface area contributed by atoms with Crippen LogP contribution in [0.15, 0.2) is 54.6 Å². The minimum Gasteiger partial charge on any atom is -0.289 e. The van der Waals surface area contributed by atoms with E-state index >= 15 is 0 Å². The number of halogens is 2. The monoisotopic (exact) mass is 276 g/mol. The number of carbonyl (C=O) groups is 1. The van der Waals surface area contributed by atoms with E-state index in [1.165, 1.54) is 6.08 Å². The second-order valence-electron chi connectivity index (χ2n) is 3.74. The van der Waals surface area contributed by atoms with Crippen LogP contribution in [0.1, 0.15) is 15.9 Å². The first-order chi connectivity index (χ1) is 8.66. The van der Waals surface area contributed by atoms with Crippen LogP contribution in [0.3, 0.4) is 0 Å². The third-order valence-electron chi connectivity index (χ3n) is 2.43. The maximum Gasteiger partial charge on any atom is 0.185 e. The Bertz CT molecular complexity index is 589. The van der Waals surface area contributed by atoms with Crippen LogP contribution in [-0.2, 0) is 0 Å². The fourth-order valence-corrected chi connectivity index (χ4v) is 1.78. The molecule has 0 N–H and O–H groups in total. The van der Waals surface area contributed by atoms with Gasteiger partial charge in [-0.15, -0.1) is 0 Å². The molecule has 90 valence electrons. The number of carbonyl (C=O) groups excluding carboxylic acids is 1. The molecule has 0 saturated carbocycles. The lowest BCUT2D eigenvalue weighted by Crippen LogP contribution is -1.93. The molecule has 0 aromatic heterocycles. The van der Waals surface area contributed by atoms with Crippen molar-refractivity contribution in [1.29, 1.82) is 0 Å². The average molecular weight is 277 g/mol. The van der Waals surface area contributed by atoms with E-state index in [2.05, 4.69) is 0 Å². The lowest BCUT2D eigenvalue weighted by Gasteiger charge is -1.99. The van der Waals surface area contributed by atoms with Gasteiger partial charge in [-0.05, 0) is 29.8 Å². The van der Waals surface area contributed by atoms with Gasteiger partial charge < -0.3 is 0 Å². The summed E-state index contributed by atoms with van der Waals surface area (Å²) in [4.78, 5) is 11.9. The molecular formula is C15H10Cl2O. The largest absolute Gasteiger partial charge is 0.289 e. The Balaban J connectivity index is 2.17. The first kappa shape index (κ1) is 12.9. The third kappa shape index (κ3) is 3.22. The maximum atomic E-state index is 11.9. The van der Waals surface area contributed by atoms with E-state index in [9.17, 15) is 4.79 Å². The highest BCUT2D eigenvalue weighted by molar-refractivity contribution is 6.42. The van der Waals surface area contributed by atoms with Gasteiger partial charge in [0.15, 0.2) is 5.78 Å². The van der Waals surface area contributed by atoms with Gasteiger partial charge in [-0.3, -0.25) is 4.79 Å². The fourth-order valence-electron chi connectivity index (χ4n) is 1.48. The van der Waals surface area contributed by atoms with E-state index in [4.69, 9.17) is 23.2 Å². The van der Waals surface area contributed by atoms with E-state index in [-0.39, 0.29) is 5.78 Å². The summed E-state index contributed by atoms with van der Waals surface area (Å²) >= 11 is 11.7. The van der Waals surface area contributed by atoms with E-state index < -0.39 is 0 Å². The van der Waals surface area contributed by atoms with Crippen molar-refractivity contribution in [3.05, 3.63) is 75.8 Å². The Kier molecular flexibility index (Phi) is 4.19. The number of rotatable bonds is 3. The molecule has 0 aliphatic rings. The Morgan fingerprint density at radius 3 is 2.33 bits per heavy atom.